The Kier molecular flexibility index (Phi) is 4.15. The Bertz CT molecular complexity index is 394. The van der Waals surface area contributed by atoms with Gasteiger partial charge >= 0.3 is 0 Å². The number of aliphatic hydroxyl groups is 1. The van der Waals surface area contributed by atoms with Gasteiger partial charge < -0.3 is 15.3 Å². The highest BCUT2D eigenvalue weighted by atomic mass is 35.5. The number of halogens is 1. The van der Waals surface area contributed by atoms with Crippen molar-refractivity contribution in [3.8, 4) is 0 Å². The van der Waals surface area contributed by atoms with Gasteiger partial charge in [0.15, 0.2) is 0 Å². The summed E-state index contributed by atoms with van der Waals surface area (Å²) in [7, 11) is 0. The van der Waals surface area contributed by atoms with Gasteiger partial charge in [0.1, 0.15) is 11.3 Å². The van der Waals surface area contributed by atoms with E-state index in [0.717, 1.165) is 16.7 Å². The van der Waals surface area contributed by atoms with E-state index in [0.29, 0.717) is 6.42 Å². The molecule has 1 heterocycles. The Hall–Kier alpha value is -1.03. The van der Waals surface area contributed by atoms with Gasteiger partial charge in [0.2, 0.25) is 0 Å². The first-order chi connectivity index (χ1) is 6.79. The maximum Gasteiger partial charge on any atom is 0.134 e. The van der Waals surface area contributed by atoms with E-state index in [-0.39, 0.29) is 25.1 Å². The number of aliphatic hydroxyl groups excluding tert-OH is 1. The summed E-state index contributed by atoms with van der Waals surface area (Å²) in [6.07, 6.45) is 0.575. The quantitative estimate of drug-likeness (QED) is 0.840. The molecule has 1 atom stereocenters. The highest BCUT2D eigenvalue weighted by Crippen LogP contribution is 2.19. The molecule has 0 bridgehead atoms. The third-order valence-corrected chi connectivity index (χ3v) is 2.17. The lowest BCUT2D eigenvalue weighted by atomic mass is 10.2. The van der Waals surface area contributed by atoms with Gasteiger partial charge in [-0.15, -0.1) is 12.4 Å². The topological polar surface area (TPSA) is 59.4 Å². The van der Waals surface area contributed by atoms with E-state index in [1.807, 2.05) is 30.3 Å². The van der Waals surface area contributed by atoms with Crippen molar-refractivity contribution in [3.05, 3.63) is 36.1 Å². The van der Waals surface area contributed by atoms with Crippen LogP contribution in [-0.4, -0.2) is 17.8 Å². The first kappa shape index (κ1) is 12.0. The average molecular weight is 228 g/mol. The van der Waals surface area contributed by atoms with Crippen LogP contribution in [0.1, 0.15) is 5.76 Å². The zero-order valence-electron chi connectivity index (χ0n) is 8.22. The van der Waals surface area contributed by atoms with E-state index >= 15 is 0 Å². The summed E-state index contributed by atoms with van der Waals surface area (Å²) in [5.74, 6) is 0.827. The molecule has 2 aromatic rings. The predicted molar refractivity (Wildman–Crippen MR) is 62.2 cm³/mol. The van der Waals surface area contributed by atoms with Crippen molar-refractivity contribution in [1.29, 1.82) is 0 Å². The molecular weight excluding hydrogens is 214 g/mol. The van der Waals surface area contributed by atoms with E-state index in [4.69, 9.17) is 15.3 Å². The van der Waals surface area contributed by atoms with E-state index < -0.39 is 0 Å². The highest BCUT2D eigenvalue weighted by molar-refractivity contribution is 5.85. The monoisotopic (exact) mass is 227 g/mol. The van der Waals surface area contributed by atoms with Crippen LogP contribution in [0.15, 0.2) is 34.7 Å². The first-order valence-corrected chi connectivity index (χ1v) is 4.63. The van der Waals surface area contributed by atoms with Crippen LogP contribution in [0, 0.1) is 0 Å². The Morgan fingerprint density at radius 3 is 2.73 bits per heavy atom. The van der Waals surface area contributed by atoms with Crippen LogP contribution in [-0.2, 0) is 6.42 Å². The van der Waals surface area contributed by atoms with Gasteiger partial charge in [0.25, 0.3) is 0 Å². The van der Waals surface area contributed by atoms with Crippen molar-refractivity contribution in [2.75, 3.05) is 6.61 Å². The van der Waals surface area contributed by atoms with E-state index in [1.54, 1.807) is 0 Å². The zero-order chi connectivity index (χ0) is 9.97. The molecule has 3 nitrogen and oxygen atoms in total. The van der Waals surface area contributed by atoms with Gasteiger partial charge in [0.05, 0.1) is 6.61 Å². The molecule has 0 saturated heterocycles. The standard InChI is InChI=1S/C11H13NO2.ClH/c12-9(7-13)6-10-5-8-3-1-2-4-11(8)14-10;/h1-5,9,13H,6-7,12H2;1H. The lowest BCUT2D eigenvalue weighted by Crippen LogP contribution is -2.26. The summed E-state index contributed by atoms with van der Waals surface area (Å²) in [6.45, 7) is -0.0168. The summed E-state index contributed by atoms with van der Waals surface area (Å²) >= 11 is 0. The fourth-order valence-corrected chi connectivity index (χ4v) is 1.46. The minimum Gasteiger partial charge on any atom is -0.461 e. The number of para-hydroxylation sites is 1. The van der Waals surface area contributed by atoms with Crippen LogP contribution in [0.5, 0.6) is 0 Å². The Morgan fingerprint density at radius 2 is 2.07 bits per heavy atom. The number of hydrogen-bond acceptors (Lipinski definition) is 3. The van der Waals surface area contributed by atoms with Crippen LogP contribution in [0.25, 0.3) is 11.0 Å². The first-order valence-electron chi connectivity index (χ1n) is 4.63. The van der Waals surface area contributed by atoms with Crippen molar-refractivity contribution in [2.45, 2.75) is 12.5 Å². The van der Waals surface area contributed by atoms with Gasteiger partial charge in [-0.1, -0.05) is 18.2 Å². The van der Waals surface area contributed by atoms with E-state index in [1.165, 1.54) is 0 Å². The molecular formula is C11H14ClNO2. The van der Waals surface area contributed by atoms with Crippen molar-refractivity contribution >= 4 is 23.4 Å². The predicted octanol–water partition coefficient (Wildman–Crippen LogP) is 1.72. The van der Waals surface area contributed by atoms with Gasteiger partial charge in [-0.25, -0.2) is 0 Å². The zero-order valence-corrected chi connectivity index (χ0v) is 9.04. The molecule has 82 valence electrons. The average Bonchev–Trinajstić information content (AvgIpc) is 2.59. The highest BCUT2D eigenvalue weighted by Gasteiger charge is 2.07. The number of nitrogens with two attached hydrogens (primary N) is 1. The van der Waals surface area contributed by atoms with Crippen molar-refractivity contribution in [1.82, 2.24) is 0 Å². The number of furan rings is 1. The van der Waals surface area contributed by atoms with Crippen LogP contribution >= 0.6 is 12.4 Å². The maximum atomic E-state index is 8.80. The number of rotatable bonds is 3. The molecule has 15 heavy (non-hydrogen) atoms. The molecule has 0 amide bonds. The summed E-state index contributed by atoms with van der Waals surface area (Å²) in [4.78, 5) is 0. The van der Waals surface area contributed by atoms with Gasteiger partial charge in [-0.3, -0.25) is 0 Å². The SMILES string of the molecule is Cl.NC(CO)Cc1cc2ccccc2o1. The lowest BCUT2D eigenvalue weighted by molar-refractivity contribution is 0.261. The lowest BCUT2D eigenvalue weighted by Gasteiger charge is -2.03. The van der Waals surface area contributed by atoms with Crippen LogP contribution in [0.2, 0.25) is 0 Å². The Balaban J connectivity index is 0.00000112. The molecule has 0 saturated carbocycles. The molecule has 0 fully saturated rings. The third-order valence-electron chi connectivity index (χ3n) is 2.17. The Morgan fingerprint density at radius 1 is 1.33 bits per heavy atom. The molecule has 0 aliphatic heterocycles. The third kappa shape index (κ3) is 2.72. The molecule has 4 heteroatoms. The maximum absolute atomic E-state index is 8.80. The molecule has 2 rings (SSSR count). The minimum atomic E-state index is -0.240. The van der Waals surface area contributed by atoms with E-state index in [9.17, 15) is 0 Å². The second-order valence-electron chi connectivity index (χ2n) is 3.40. The normalized spacial score (nSPS) is 12.4. The minimum absolute atomic E-state index is 0. The molecule has 0 spiro atoms. The summed E-state index contributed by atoms with van der Waals surface area (Å²) in [5.41, 5.74) is 6.49. The fraction of sp³-hybridized carbons (Fsp3) is 0.273. The molecule has 3 N–H and O–H groups in total. The molecule has 1 unspecified atom stereocenters. The van der Waals surface area contributed by atoms with Gasteiger partial charge in [-0.2, -0.15) is 0 Å². The summed E-state index contributed by atoms with van der Waals surface area (Å²) < 4.78 is 5.55. The summed E-state index contributed by atoms with van der Waals surface area (Å²) in [6, 6.07) is 9.53. The largest absolute Gasteiger partial charge is 0.461 e. The number of benzene rings is 1. The van der Waals surface area contributed by atoms with E-state index in [2.05, 4.69) is 0 Å². The van der Waals surface area contributed by atoms with Crippen LogP contribution in [0.4, 0.5) is 0 Å². The number of hydrogen-bond donors (Lipinski definition) is 2. The smallest absolute Gasteiger partial charge is 0.134 e. The fourth-order valence-electron chi connectivity index (χ4n) is 1.46. The van der Waals surface area contributed by atoms with Crippen molar-refractivity contribution in [2.24, 2.45) is 5.73 Å². The van der Waals surface area contributed by atoms with Gasteiger partial charge in [-0.05, 0) is 12.1 Å². The molecule has 1 aromatic carbocycles. The molecule has 1 aromatic heterocycles. The second-order valence-corrected chi connectivity index (χ2v) is 3.40. The summed E-state index contributed by atoms with van der Waals surface area (Å²) in [5, 5.41) is 9.88. The van der Waals surface area contributed by atoms with Gasteiger partial charge in [0, 0.05) is 17.8 Å². The van der Waals surface area contributed by atoms with Crippen molar-refractivity contribution in [3.63, 3.8) is 0 Å². The Labute approximate surface area is 94.3 Å². The number of fused-ring (bicyclic) bond motifs is 1. The molecule has 0 radical (unpaired) electrons. The molecule has 0 aliphatic rings. The second kappa shape index (κ2) is 5.16. The van der Waals surface area contributed by atoms with Crippen LogP contribution in [0.3, 0.4) is 0 Å². The molecule has 0 aliphatic carbocycles. The van der Waals surface area contributed by atoms with Crippen LogP contribution < -0.4 is 5.73 Å². The van der Waals surface area contributed by atoms with Crippen molar-refractivity contribution < 1.29 is 9.52 Å².